The number of rotatable bonds is 8. The van der Waals surface area contributed by atoms with Crippen molar-refractivity contribution in [1.82, 2.24) is 14.5 Å². The minimum absolute atomic E-state index is 0.142. The second-order valence-corrected chi connectivity index (χ2v) is 9.06. The molecule has 0 fully saturated rings. The molecule has 2 aromatic heterocycles. The number of fused-ring (bicyclic) bond motifs is 1. The highest BCUT2D eigenvalue weighted by atomic mass is 32.1. The van der Waals surface area contributed by atoms with Gasteiger partial charge in [-0.25, -0.2) is 14.4 Å². The van der Waals surface area contributed by atoms with E-state index in [4.69, 9.17) is 0 Å². The number of thiazole rings is 1. The zero-order valence-electron chi connectivity index (χ0n) is 18.5. The number of aromatic nitrogens is 3. The standard InChI is InChI=1S/C27H23FN4OS/c28-23-8-4-9-24-25(23)30-27(34-24)32(16-5-15-31-17-14-29-19-31)26(33)22-12-10-21(11-13-22)18-20-6-2-1-3-7-20/h1-4,6-14,17,19H,5,15-16,18H2. The van der Waals surface area contributed by atoms with Crippen molar-refractivity contribution in [1.29, 1.82) is 0 Å². The molecule has 0 radical (unpaired) electrons. The fourth-order valence-electron chi connectivity index (χ4n) is 3.89. The Morgan fingerprint density at radius 1 is 0.971 bits per heavy atom. The summed E-state index contributed by atoms with van der Waals surface area (Å²) in [4.78, 5) is 23.8. The molecule has 5 nitrogen and oxygen atoms in total. The molecule has 0 atom stereocenters. The van der Waals surface area contributed by atoms with Gasteiger partial charge in [0.1, 0.15) is 11.3 Å². The number of benzene rings is 3. The molecular weight excluding hydrogens is 447 g/mol. The molecule has 0 saturated heterocycles. The van der Waals surface area contributed by atoms with Crippen molar-refractivity contribution in [2.24, 2.45) is 0 Å². The van der Waals surface area contributed by atoms with Crippen molar-refractivity contribution in [3.8, 4) is 0 Å². The maximum Gasteiger partial charge on any atom is 0.260 e. The molecule has 0 bridgehead atoms. The van der Waals surface area contributed by atoms with Gasteiger partial charge in [-0.15, -0.1) is 0 Å². The highest BCUT2D eigenvalue weighted by Crippen LogP contribution is 2.31. The van der Waals surface area contributed by atoms with E-state index >= 15 is 0 Å². The number of aryl methyl sites for hydroxylation is 1. The lowest BCUT2D eigenvalue weighted by atomic mass is 10.0. The lowest BCUT2D eigenvalue weighted by Gasteiger charge is -2.20. The van der Waals surface area contributed by atoms with Gasteiger partial charge in [0.15, 0.2) is 5.13 Å². The van der Waals surface area contributed by atoms with Crippen molar-refractivity contribution in [3.05, 3.63) is 114 Å². The van der Waals surface area contributed by atoms with Crippen LogP contribution in [0.5, 0.6) is 0 Å². The van der Waals surface area contributed by atoms with Gasteiger partial charge in [0.25, 0.3) is 5.91 Å². The molecule has 0 saturated carbocycles. The van der Waals surface area contributed by atoms with Gasteiger partial charge < -0.3 is 4.57 Å². The zero-order valence-corrected chi connectivity index (χ0v) is 19.3. The van der Waals surface area contributed by atoms with Crippen LogP contribution in [0.15, 0.2) is 91.5 Å². The molecule has 0 spiro atoms. The first kappa shape index (κ1) is 22.0. The highest BCUT2D eigenvalue weighted by molar-refractivity contribution is 7.22. The van der Waals surface area contributed by atoms with Crippen molar-refractivity contribution in [3.63, 3.8) is 0 Å². The molecule has 0 N–H and O–H groups in total. The lowest BCUT2D eigenvalue weighted by Crippen LogP contribution is -2.32. The summed E-state index contributed by atoms with van der Waals surface area (Å²) in [6, 6.07) is 22.8. The molecule has 0 aliphatic rings. The van der Waals surface area contributed by atoms with Gasteiger partial charge in [0.2, 0.25) is 0 Å². The van der Waals surface area contributed by atoms with Crippen LogP contribution in [0.25, 0.3) is 10.2 Å². The van der Waals surface area contributed by atoms with Gasteiger partial charge in [-0.3, -0.25) is 9.69 Å². The van der Waals surface area contributed by atoms with Gasteiger partial charge in [0, 0.05) is 31.0 Å². The van der Waals surface area contributed by atoms with E-state index in [1.165, 1.54) is 23.0 Å². The molecule has 5 rings (SSSR count). The summed E-state index contributed by atoms with van der Waals surface area (Å²) in [5.74, 6) is -0.521. The Hall–Kier alpha value is -3.84. The minimum atomic E-state index is -0.379. The van der Waals surface area contributed by atoms with Crippen LogP contribution in [0.3, 0.4) is 0 Å². The zero-order chi connectivity index (χ0) is 23.3. The molecule has 170 valence electrons. The number of hydrogen-bond donors (Lipinski definition) is 0. The molecule has 0 aliphatic heterocycles. The van der Waals surface area contributed by atoms with E-state index in [9.17, 15) is 9.18 Å². The van der Waals surface area contributed by atoms with Crippen molar-refractivity contribution < 1.29 is 9.18 Å². The normalized spacial score (nSPS) is 11.1. The summed E-state index contributed by atoms with van der Waals surface area (Å²) in [6.45, 7) is 1.18. The number of para-hydroxylation sites is 1. The van der Waals surface area contributed by atoms with E-state index in [0.29, 0.717) is 29.2 Å². The van der Waals surface area contributed by atoms with Crippen LogP contribution in [0.4, 0.5) is 9.52 Å². The number of halogens is 1. The van der Waals surface area contributed by atoms with E-state index < -0.39 is 0 Å². The average molecular weight is 471 g/mol. The van der Waals surface area contributed by atoms with E-state index in [0.717, 1.165) is 23.2 Å². The van der Waals surface area contributed by atoms with Crippen LogP contribution >= 0.6 is 11.3 Å². The molecule has 0 aliphatic carbocycles. The van der Waals surface area contributed by atoms with E-state index in [1.807, 2.05) is 59.3 Å². The molecule has 34 heavy (non-hydrogen) atoms. The first-order chi connectivity index (χ1) is 16.7. The van der Waals surface area contributed by atoms with E-state index in [-0.39, 0.29) is 11.7 Å². The van der Waals surface area contributed by atoms with Crippen LogP contribution in [-0.4, -0.2) is 27.0 Å². The third kappa shape index (κ3) is 4.89. The molecule has 5 aromatic rings. The van der Waals surface area contributed by atoms with Gasteiger partial charge >= 0.3 is 0 Å². The van der Waals surface area contributed by atoms with Crippen LogP contribution in [-0.2, 0) is 13.0 Å². The molecule has 3 aromatic carbocycles. The maximum absolute atomic E-state index is 14.3. The Bertz CT molecular complexity index is 1380. The van der Waals surface area contributed by atoms with Crippen molar-refractivity contribution in [2.75, 3.05) is 11.4 Å². The molecule has 2 heterocycles. The van der Waals surface area contributed by atoms with Gasteiger partial charge in [-0.1, -0.05) is 59.9 Å². The Morgan fingerprint density at radius 3 is 2.50 bits per heavy atom. The highest BCUT2D eigenvalue weighted by Gasteiger charge is 2.22. The number of carbonyl (C=O) groups excluding carboxylic acids is 1. The van der Waals surface area contributed by atoms with Crippen LogP contribution < -0.4 is 4.90 Å². The number of nitrogens with zero attached hydrogens (tertiary/aromatic N) is 4. The van der Waals surface area contributed by atoms with E-state index in [1.54, 1.807) is 23.5 Å². The molecular formula is C27H23FN4OS. The number of amides is 1. The maximum atomic E-state index is 14.3. The Kier molecular flexibility index (Phi) is 6.44. The van der Waals surface area contributed by atoms with Crippen molar-refractivity contribution in [2.45, 2.75) is 19.4 Å². The van der Waals surface area contributed by atoms with Crippen LogP contribution in [0.2, 0.25) is 0 Å². The topological polar surface area (TPSA) is 51.0 Å². The van der Waals surface area contributed by atoms with Crippen molar-refractivity contribution >= 4 is 32.6 Å². The number of imidazole rings is 1. The second kappa shape index (κ2) is 9.97. The second-order valence-electron chi connectivity index (χ2n) is 8.05. The van der Waals surface area contributed by atoms with Crippen LogP contribution in [0.1, 0.15) is 27.9 Å². The fourth-order valence-corrected chi connectivity index (χ4v) is 4.89. The average Bonchev–Trinajstić information content (AvgIpc) is 3.53. The predicted molar refractivity (Wildman–Crippen MR) is 134 cm³/mol. The SMILES string of the molecule is O=C(c1ccc(Cc2ccccc2)cc1)N(CCCn1ccnc1)c1nc2c(F)cccc2s1. The molecule has 0 unspecified atom stereocenters. The van der Waals surface area contributed by atoms with Crippen LogP contribution in [0, 0.1) is 5.82 Å². The Morgan fingerprint density at radius 2 is 1.76 bits per heavy atom. The number of carbonyl (C=O) groups is 1. The summed E-state index contributed by atoms with van der Waals surface area (Å²) >= 11 is 1.33. The summed E-state index contributed by atoms with van der Waals surface area (Å²) in [6.07, 6.45) is 6.90. The minimum Gasteiger partial charge on any atom is -0.337 e. The summed E-state index contributed by atoms with van der Waals surface area (Å²) in [7, 11) is 0. The third-order valence-electron chi connectivity index (χ3n) is 5.64. The molecule has 1 amide bonds. The molecule has 7 heteroatoms. The fraction of sp³-hybridized carbons (Fsp3) is 0.148. The summed E-state index contributed by atoms with van der Waals surface area (Å²) in [5.41, 5.74) is 3.24. The smallest absolute Gasteiger partial charge is 0.260 e. The monoisotopic (exact) mass is 470 g/mol. The number of anilines is 1. The predicted octanol–water partition coefficient (Wildman–Crippen LogP) is 5.96. The summed E-state index contributed by atoms with van der Waals surface area (Å²) in [5, 5.41) is 0.504. The Balaban J connectivity index is 1.39. The van der Waals surface area contributed by atoms with Gasteiger partial charge in [-0.2, -0.15) is 0 Å². The first-order valence-electron chi connectivity index (χ1n) is 11.1. The Labute approximate surface area is 201 Å². The largest absolute Gasteiger partial charge is 0.337 e. The first-order valence-corrected chi connectivity index (χ1v) is 11.9. The lowest BCUT2D eigenvalue weighted by molar-refractivity contribution is 0.0986. The van der Waals surface area contributed by atoms with E-state index in [2.05, 4.69) is 22.1 Å². The van der Waals surface area contributed by atoms with Gasteiger partial charge in [0.05, 0.1) is 11.0 Å². The summed E-state index contributed by atoms with van der Waals surface area (Å²) < 4.78 is 17.0. The third-order valence-corrected chi connectivity index (χ3v) is 6.69. The van der Waals surface area contributed by atoms with Gasteiger partial charge in [-0.05, 0) is 48.2 Å². The number of hydrogen-bond acceptors (Lipinski definition) is 4. The quantitative estimate of drug-likeness (QED) is 0.281.